The van der Waals surface area contributed by atoms with Gasteiger partial charge < -0.3 is 4.74 Å². The molecule has 5 heteroatoms. The second-order valence-electron chi connectivity index (χ2n) is 3.83. The molecule has 1 fully saturated rings. The molecule has 13 heavy (non-hydrogen) atoms. The van der Waals surface area contributed by atoms with Gasteiger partial charge in [0.2, 0.25) is 0 Å². The molecule has 0 aromatic heterocycles. The van der Waals surface area contributed by atoms with Gasteiger partial charge in [0.1, 0.15) is 0 Å². The van der Waals surface area contributed by atoms with Gasteiger partial charge in [0, 0.05) is 4.91 Å². The summed E-state index contributed by atoms with van der Waals surface area (Å²) >= 11 is 0. The van der Waals surface area contributed by atoms with Crippen molar-refractivity contribution in [3.63, 3.8) is 0 Å². The number of hydrogen-bond acceptors (Lipinski definition) is 3. The Kier molecular flexibility index (Phi) is 2.22. The molecule has 1 rings (SSSR count). The number of ether oxygens (including phenoxy) is 1. The molecule has 1 aliphatic rings. The third-order valence-electron chi connectivity index (χ3n) is 2.52. The molecule has 0 spiro atoms. The van der Waals surface area contributed by atoms with Crippen LogP contribution < -0.4 is 0 Å². The van der Waals surface area contributed by atoms with Crippen LogP contribution in [-0.4, -0.2) is 18.1 Å². The summed E-state index contributed by atoms with van der Waals surface area (Å²) in [5.41, 5.74) is 7.14. The highest BCUT2D eigenvalue weighted by Crippen LogP contribution is 2.59. The molecule has 0 amide bonds. The zero-order chi connectivity index (χ0) is 10.1. The topological polar surface area (TPSA) is 75.1 Å². The first-order valence-electron chi connectivity index (χ1n) is 4.23. The summed E-state index contributed by atoms with van der Waals surface area (Å²) in [6.07, 6.45) is 0.572. The SMILES string of the molecule is CCOC(=O)C1(N=[N+]=[N-])CC1(C)C. The van der Waals surface area contributed by atoms with Crippen molar-refractivity contribution in [1.82, 2.24) is 0 Å². The van der Waals surface area contributed by atoms with Crippen LogP contribution in [0.4, 0.5) is 0 Å². The Labute approximate surface area is 76.7 Å². The molecule has 0 N–H and O–H groups in total. The minimum absolute atomic E-state index is 0.258. The first-order chi connectivity index (χ1) is 6.00. The summed E-state index contributed by atoms with van der Waals surface area (Å²) in [5.74, 6) is -0.405. The average molecular weight is 183 g/mol. The minimum atomic E-state index is -0.947. The van der Waals surface area contributed by atoms with Crippen molar-refractivity contribution in [3.8, 4) is 0 Å². The van der Waals surface area contributed by atoms with Crippen molar-refractivity contribution in [2.24, 2.45) is 10.5 Å². The predicted octanol–water partition coefficient (Wildman–Crippen LogP) is 2.03. The van der Waals surface area contributed by atoms with Gasteiger partial charge in [0.25, 0.3) is 0 Å². The lowest BCUT2D eigenvalue weighted by atomic mass is 10.1. The van der Waals surface area contributed by atoms with E-state index in [1.807, 2.05) is 13.8 Å². The van der Waals surface area contributed by atoms with Gasteiger partial charge in [0.05, 0.1) is 6.61 Å². The van der Waals surface area contributed by atoms with Gasteiger partial charge >= 0.3 is 5.97 Å². The molecular formula is C8H13N3O2. The molecule has 0 aromatic rings. The van der Waals surface area contributed by atoms with Gasteiger partial charge in [0.15, 0.2) is 5.54 Å². The van der Waals surface area contributed by atoms with Crippen LogP contribution in [0.2, 0.25) is 0 Å². The maximum atomic E-state index is 11.4. The molecule has 0 aliphatic heterocycles. The molecule has 0 bridgehead atoms. The summed E-state index contributed by atoms with van der Waals surface area (Å²) in [6, 6.07) is 0. The molecular weight excluding hydrogens is 170 g/mol. The largest absolute Gasteiger partial charge is 0.465 e. The van der Waals surface area contributed by atoms with Crippen LogP contribution in [0.25, 0.3) is 10.4 Å². The van der Waals surface area contributed by atoms with E-state index in [9.17, 15) is 4.79 Å². The standard InChI is InChI=1S/C8H13N3O2/c1-4-13-6(12)8(10-11-9)5-7(8,2)3/h4-5H2,1-3H3. The second-order valence-corrected chi connectivity index (χ2v) is 3.83. The van der Waals surface area contributed by atoms with Crippen molar-refractivity contribution in [3.05, 3.63) is 10.4 Å². The van der Waals surface area contributed by atoms with Crippen molar-refractivity contribution >= 4 is 5.97 Å². The number of nitrogens with zero attached hydrogens (tertiary/aromatic N) is 3. The molecule has 5 nitrogen and oxygen atoms in total. The average Bonchev–Trinajstić information content (AvgIpc) is 2.56. The van der Waals surface area contributed by atoms with E-state index in [0.717, 1.165) is 0 Å². The number of rotatable bonds is 3. The van der Waals surface area contributed by atoms with E-state index in [2.05, 4.69) is 10.0 Å². The Hall–Kier alpha value is -1.22. The molecule has 1 unspecified atom stereocenters. The summed E-state index contributed by atoms with van der Waals surface area (Å²) in [6.45, 7) is 5.83. The Balaban J connectivity index is 2.84. The molecule has 72 valence electrons. The van der Waals surface area contributed by atoms with Crippen LogP contribution in [-0.2, 0) is 9.53 Å². The maximum absolute atomic E-state index is 11.4. The highest BCUT2D eigenvalue weighted by Gasteiger charge is 2.67. The van der Waals surface area contributed by atoms with Crippen LogP contribution in [0.3, 0.4) is 0 Å². The summed E-state index contributed by atoms with van der Waals surface area (Å²) < 4.78 is 4.85. The third-order valence-corrected chi connectivity index (χ3v) is 2.52. The number of hydrogen-bond donors (Lipinski definition) is 0. The molecule has 1 saturated carbocycles. The molecule has 0 saturated heterocycles. The first kappa shape index (κ1) is 9.86. The highest BCUT2D eigenvalue weighted by molar-refractivity contribution is 5.86. The summed E-state index contributed by atoms with van der Waals surface area (Å²) in [5, 5.41) is 3.54. The quantitative estimate of drug-likeness (QED) is 0.290. The van der Waals surface area contributed by atoms with Gasteiger partial charge in [-0.2, -0.15) is 0 Å². The highest BCUT2D eigenvalue weighted by atomic mass is 16.5. The van der Waals surface area contributed by atoms with Crippen LogP contribution >= 0.6 is 0 Å². The zero-order valence-electron chi connectivity index (χ0n) is 8.07. The smallest absolute Gasteiger partial charge is 0.318 e. The van der Waals surface area contributed by atoms with Crippen LogP contribution in [0.15, 0.2) is 5.11 Å². The van der Waals surface area contributed by atoms with Gasteiger partial charge in [-0.1, -0.05) is 19.0 Å². The Morgan fingerprint density at radius 1 is 1.69 bits per heavy atom. The van der Waals surface area contributed by atoms with Gasteiger partial charge in [-0.25, -0.2) is 0 Å². The van der Waals surface area contributed by atoms with Crippen LogP contribution in [0.1, 0.15) is 27.2 Å². The van der Waals surface area contributed by atoms with E-state index < -0.39 is 11.5 Å². The lowest BCUT2D eigenvalue weighted by Crippen LogP contribution is -2.27. The molecule has 1 atom stereocenters. The van der Waals surface area contributed by atoms with Crippen molar-refractivity contribution < 1.29 is 9.53 Å². The molecule has 0 radical (unpaired) electrons. The minimum Gasteiger partial charge on any atom is -0.465 e. The lowest BCUT2D eigenvalue weighted by molar-refractivity contribution is -0.146. The van der Waals surface area contributed by atoms with Gasteiger partial charge in [-0.15, -0.1) is 0 Å². The van der Waals surface area contributed by atoms with E-state index in [4.69, 9.17) is 10.3 Å². The Morgan fingerprint density at radius 3 is 2.54 bits per heavy atom. The van der Waals surface area contributed by atoms with E-state index >= 15 is 0 Å². The normalized spacial score (nSPS) is 28.8. The first-order valence-corrected chi connectivity index (χ1v) is 4.23. The fraction of sp³-hybridized carbons (Fsp3) is 0.875. The molecule has 0 aromatic carbocycles. The summed E-state index contributed by atoms with van der Waals surface area (Å²) in [7, 11) is 0. The van der Waals surface area contributed by atoms with E-state index in [1.54, 1.807) is 6.92 Å². The monoisotopic (exact) mass is 183 g/mol. The molecule has 0 heterocycles. The second kappa shape index (κ2) is 2.92. The number of carbonyl (C=O) groups is 1. The summed E-state index contributed by atoms with van der Waals surface area (Å²) in [4.78, 5) is 14.1. The molecule has 1 aliphatic carbocycles. The maximum Gasteiger partial charge on any atom is 0.318 e. The Morgan fingerprint density at radius 2 is 2.23 bits per heavy atom. The van der Waals surface area contributed by atoms with Crippen molar-refractivity contribution in [1.29, 1.82) is 0 Å². The fourth-order valence-corrected chi connectivity index (χ4v) is 1.48. The van der Waals surface area contributed by atoms with Crippen molar-refractivity contribution in [2.45, 2.75) is 32.7 Å². The van der Waals surface area contributed by atoms with E-state index in [1.165, 1.54) is 0 Å². The lowest BCUT2D eigenvalue weighted by Gasteiger charge is -2.12. The predicted molar refractivity (Wildman–Crippen MR) is 46.9 cm³/mol. The van der Waals surface area contributed by atoms with Crippen LogP contribution in [0.5, 0.6) is 0 Å². The van der Waals surface area contributed by atoms with Gasteiger partial charge in [-0.3, -0.25) is 4.79 Å². The van der Waals surface area contributed by atoms with Crippen LogP contribution in [0, 0.1) is 5.41 Å². The van der Waals surface area contributed by atoms with Crippen molar-refractivity contribution in [2.75, 3.05) is 6.61 Å². The third kappa shape index (κ3) is 1.35. The fourth-order valence-electron chi connectivity index (χ4n) is 1.48. The Bertz CT molecular complexity index is 281. The number of azide groups is 1. The van der Waals surface area contributed by atoms with E-state index in [-0.39, 0.29) is 5.41 Å². The zero-order valence-corrected chi connectivity index (χ0v) is 8.07. The number of carbonyl (C=O) groups excluding carboxylic acids is 1. The van der Waals surface area contributed by atoms with E-state index in [0.29, 0.717) is 13.0 Å². The number of esters is 1. The van der Waals surface area contributed by atoms with Gasteiger partial charge in [-0.05, 0) is 24.3 Å².